The number of thiophene rings is 1. The molecule has 1 N–H and O–H groups in total. The number of ether oxygens (including phenoxy) is 1. The first-order valence-electron chi connectivity index (χ1n) is 6.39. The van der Waals surface area contributed by atoms with Gasteiger partial charge in [-0.15, -0.1) is 11.3 Å². The minimum Gasteiger partial charge on any atom is -0.451 e. The molecule has 2 aromatic rings. The van der Waals surface area contributed by atoms with Crippen LogP contribution in [0, 0.1) is 12.7 Å². The molecule has 2 rings (SSSR count). The van der Waals surface area contributed by atoms with Crippen LogP contribution in [-0.4, -0.2) is 18.5 Å². The summed E-state index contributed by atoms with van der Waals surface area (Å²) in [7, 11) is 0. The van der Waals surface area contributed by atoms with E-state index in [1.165, 1.54) is 29.5 Å². The molecular weight excluding hydrogens is 329 g/mol. The summed E-state index contributed by atoms with van der Waals surface area (Å²) < 4.78 is 17.8. The topological polar surface area (TPSA) is 55.4 Å². The van der Waals surface area contributed by atoms with Crippen molar-refractivity contribution in [2.75, 3.05) is 6.61 Å². The quantitative estimate of drug-likeness (QED) is 0.849. The van der Waals surface area contributed by atoms with Gasteiger partial charge in [-0.2, -0.15) is 0 Å². The van der Waals surface area contributed by atoms with E-state index < -0.39 is 17.7 Å². The van der Waals surface area contributed by atoms with Gasteiger partial charge in [-0.3, -0.25) is 4.79 Å². The number of hydrogen-bond acceptors (Lipinski definition) is 4. The van der Waals surface area contributed by atoms with Gasteiger partial charge in [0.1, 0.15) is 10.7 Å². The lowest BCUT2D eigenvalue weighted by atomic mass is 10.2. The zero-order chi connectivity index (χ0) is 16.1. The number of nitrogens with one attached hydrogen (secondary N) is 1. The number of hydrogen-bond donors (Lipinski definition) is 1. The van der Waals surface area contributed by atoms with Crippen molar-refractivity contribution in [1.29, 1.82) is 0 Å². The molecule has 0 atom stereocenters. The first-order chi connectivity index (χ1) is 10.5. The van der Waals surface area contributed by atoms with E-state index in [2.05, 4.69) is 5.32 Å². The number of esters is 1. The van der Waals surface area contributed by atoms with Crippen LogP contribution < -0.4 is 5.32 Å². The van der Waals surface area contributed by atoms with Crippen LogP contribution >= 0.6 is 22.9 Å². The molecule has 1 aromatic carbocycles. The molecule has 0 aliphatic heterocycles. The van der Waals surface area contributed by atoms with E-state index in [-0.39, 0.29) is 18.2 Å². The highest BCUT2D eigenvalue weighted by atomic mass is 35.5. The summed E-state index contributed by atoms with van der Waals surface area (Å²) >= 11 is 7.11. The lowest BCUT2D eigenvalue weighted by molar-refractivity contribution is -0.124. The predicted octanol–water partition coefficient (Wildman–Crippen LogP) is 3.32. The van der Waals surface area contributed by atoms with E-state index >= 15 is 0 Å². The third-order valence-electron chi connectivity index (χ3n) is 2.87. The van der Waals surface area contributed by atoms with E-state index in [9.17, 15) is 14.0 Å². The number of amides is 1. The zero-order valence-corrected chi connectivity index (χ0v) is 13.3. The highest BCUT2D eigenvalue weighted by Gasteiger charge is 2.14. The SMILES string of the molecule is Cc1ccsc1C(=O)OCC(=O)NCc1ccc(F)cc1Cl. The van der Waals surface area contributed by atoms with Gasteiger partial charge in [0.2, 0.25) is 0 Å². The summed E-state index contributed by atoms with van der Waals surface area (Å²) in [5.74, 6) is -1.43. The Kier molecular flexibility index (Phi) is 5.51. The molecule has 0 bridgehead atoms. The van der Waals surface area contributed by atoms with Gasteiger partial charge in [-0.1, -0.05) is 17.7 Å². The average Bonchev–Trinajstić information content (AvgIpc) is 2.90. The molecule has 22 heavy (non-hydrogen) atoms. The standard InChI is InChI=1S/C15H13ClFNO3S/c1-9-4-5-22-14(9)15(20)21-8-13(19)18-7-10-2-3-11(17)6-12(10)16/h2-6H,7-8H2,1H3,(H,18,19). The molecule has 0 radical (unpaired) electrons. The van der Waals surface area contributed by atoms with Crippen LogP contribution in [-0.2, 0) is 16.1 Å². The number of aryl methyl sites for hydroxylation is 1. The maximum Gasteiger partial charge on any atom is 0.349 e. The van der Waals surface area contributed by atoms with E-state index in [0.29, 0.717) is 10.4 Å². The molecule has 0 fully saturated rings. The first kappa shape index (κ1) is 16.5. The summed E-state index contributed by atoms with van der Waals surface area (Å²) in [5, 5.41) is 4.56. The Morgan fingerprint density at radius 3 is 2.77 bits per heavy atom. The number of carbonyl (C=O) groups is 2. The fraction of sp³-hybridized carbons (Fsp3) is 0.200. The van der Waals surface area contributed by atoms with Crippen molar-refractivity contribution in [3.63, 3.8) is 0 Å². The van der Waals surface area contributed by atoms with Gasteiger partial charge in [0, 0.05) is 11.6 Å². The van der Waals surface area contributed by atoms with Crippen LogP contribution in [0.5, 0.6) is 0 Å². The maximum atomic E-state index is 12.9. The molecule has 116 valence electrons. The summed E-state index contributed by atoms with van der Waals surface area (Å²) in [5.41, 5.74) is 1.39. The minimum atomic E-state index is -0.525. The van der Waals surface area contributed by atoms with Crippen molar-refractivity contribution >= 4 is 34.8 Å². The van der Waals surface area contributed by atoms with Crippen molar-refractivity contribution < 1.29 is 18.7 Å². The molecule has 0 unspecified atom stereocenters. The van der Waals surface area contributed by atoms with E-state index in [1.54, 1.807) is 18.4 Å². The van der Waals surface area contributed by atoms with Gasteiger partial charge in [0.15, 0.2) is 6.61 Å². The molecule has 0 aliphatic carbocycles. The predicted molar refractivity (Wildman–Crippen MR) is 82.6 cm³/mol. The Bertz CT molecular complexity index is 702. The molecule has 0 spiro atoms. The third-order valence-corrected chi connectivity index (χ3v) is 4.22. The Morgan fingerprint density at radius 2 is 2.14 bits per heavy atom. The molecule has 0 aliphatic rings. The minimum absolute atomic E-state index is 0.132. The van der Waals surface area contributed by atoms with Crippen LogP contribution in [0.3, 0.4) is 0 Å². The van der Waals surface area contributed by atoms with Crippen molar-refractivity contribution in [3.8, 4) is 0 Å². The molecule has 7 heteroatoms. The lowest BCUT2D eigenvalue weighted by Gasteiger charge is -2.08. The Hall–Kier alpha value is -1.92. The van der Waals surface area contributed by atoms with Gasteiger partial charge in [-0.25, -0.2) is 9.18 Å². The summed E-state index contributed by atoms with van der Waals surface area (Å²) in [4.78, 5) is 23.9. The summed E-state index contributed by atoms with van der Waals surface area (Å²) in [6.45, 7) is 1.55. The fourth-order valence-electron chi connectivity index (χ4n) is 1.69. The van der Waals surface area contributed by atoms with Gasteiger partial charge in [0.25, 0.3) is 5.91 Å². The number of benzene rings is 1. The van der Waals surface area contributed by atoms with Gasteiger partial charge < -0.3 is 10.1 Å². The fourth-order valence-corrected chi connectivity index (χ4v) is 2.74. The second kappa shape index (κ2) is 7.38. The van der Waals surface area contributed by atoms with E-state index in [4.69, 9.17) is 16.3 Å². The van der Waals surface area contributed by atoms with Crippen molar-refractivity contribution in [3.05, 3.63) is 56.5 Å². The van der Waals surface area contributed by atoms with Crippen LogP contribution in [0.2, 0.25) is 5.02 Å². The maximum absolute atomic E-state index is 12.9. The van der Waals surface area contributed by atoms with Gasteiger partial charge in [-0.05, 0) is 41.6 Å². The number of rotatable bonds is 5. The third kappa shape index (κ3) is 4.29. The van der Waals surface area contributed by atoms with Crippen LogP contribution in [0.15, 0.2) is 29.6 Å². The van der Waals surface area contributed by atoms with Gasteiger partial charge >= 0.3 is 5.97 Å². The van der Waals surface area contributed by atoms with E-state index in [0.717, 1.165) is 5.56 Å². The smallest absolute Gasteiger partial charge is 0.349 e. The number of carbonyl (C=O) groups excluding carboxylic acids is 2. The molecule has 0 saturated heterocycles. The molecule has 1 aromatic heterocycles. The highest BCUT2D eigenvalue weighted by molar-refractivity contribution is 7.12. The van der Waals surface area contributed by atoms with Crippen LogP contribution in [0.4, 0.5) is 4.39 Å². The Morgan fingerprint density at radius 1 is 1.36 bits per heavy atom. The highest BCUT2D eigenvalue weighted by Crippen LogP contribution is 2.17. The van der Waals surface area contributed by atoms with Crippen molar-refractivity contribution in [1.82, 2.24) is 5.32 Å². The lowest BCUT2D eigenvalue weighted by Crippen LogP contribution is -2.28. The number of halogens is 2. The first-order valence-corrected chi connectivity index (χ1v) is 7.65. The molecule has 1 heterocycles. The Labute approximate surface area is 135 Å². The van der Waals surface area contributed by atoms with Crippen LogP contribution in [0.1, 0.15) is 20.8 Å². The summed E-state index contributed by atoms with van der Waals surface area (Å²) in [6, 6.07) is 5.71. The normalized spacial score (nSPS) is 10.3. The largest absolute Gasteiger partial charge is 0.451 e. The zero-order valence-electron chi connectivity index (χ0n) is 11.7. The average molecular weight is 342 g/mol. The second-order valence-corrected chi connectivity index (χ2v) is 5.84. The second-order valence-electron chi connectivity index (χ2n) is 4.52. The summed E-state index contributed by atoms with van der Waals surface area (Å²) in [6.07, 6.45) is 0. The van der Waals surface area contributed by atoms with Crippen molar-refractivity contribution in [2.45, 2.75) is 13.5 Å². The molecule has 4 nitrogen and oxygen atoms in total. The van der Waals surface area contributed by atoms with Gasteiger partial charge in [0.05, 0.1) is 0 Å². The Balaban J connectivity index is 1.81. The van der Waals surface area contributed by atoms with Crippen LogP contribution in [0.25, 0.3) is 0 Å². The molecular formula is C15H13ClFNO3S. The van der Waals surface area contributed by atoms with E-state index in [1.807, 2.05) is 0 Å². The molecule has 1 amide bonds. The monoisotopic (exact) mass is 341 g/mol. The molecule has 0 saturated carbocycles. The van der Waals surface area contributed by atoms with Crippen molar-refractivity contribution in [2.24, 2.45) is 0 Å².